The lowest BCUT2D eigenvalue weighted by Gasteiger charge is -2.31. The normalized spacial score (nSPS) is 19.0. The van der Waals surface area contributed by atoms with Crippen LogP contribution in [0.3, 0.4) is 0 Å². The highest BCUT2D eigenvalue weighted by molar-refractivity contribution is 6.30. The zero-order valence-electron chi connectivity index (χ0n) is 23.5. The molecule has 1 aliphatic heterocycles. The van der Waals surface area contributed by atoms with Crippen LogP contribution >= 0.6 is 11.6 Å². The molecule has 4 N–H and O–H groups in total. The van der Waals surface area contributed by atoms with E-state index in [-0.39, 0.29) is 45.9 Å². The second-order valence-corrected chi connectivity index (χ2v) is 11.7. The number of benzene rings is 2. The highest BCUT2D eigenvalue weighted by atomic mass is 35.5. The zero-order chi connectivity index (χ0) is 32.3. The molecule has 0 spiro atoms. The molecule has 9 nitrogen and oxygen atoms in total. The van der Waals surface area contributed by atoms with Crippen molar-refractivity contribution < 1.29 is 41.7 Å². The highest BCUT2D eigenvalue weighted by Gasteiger charge is 2.57. The summed E-state index contributed by atoms with van der Waals surface area (Å²) in [7, 11) is 0. The fraction of sp³-hybridized carbons (Fsp3) is 0.290. The van der Waals surface area contributed by atoms with Crippen LogP contribution in [0.1, 0.15) is 41.4 Å². The number of pyridine rings is 2. The van der Waals surface area contributed by atoms with E-state index in [1.807, 2.05) is 0 Å². The average molecular weight is 645 g/mol. The van der Waals surface area contributed by atoms with Crippen LogP contribution in [0.15, 0.2) is 54.7 Å². The van der Waals surface area contributed by atoms with Crippen LogP contribution < -0.4 is 20.5 Å². The minimum absolute atomic E-state index is 0.0235. The minimum atomic E-state index is -5.39. The molecule has 4 aromatic rings. The van der Waals surface area contributed by atoms with Crippen molar-refractivity contribution in [2.24, 2.45) is 5.73 Å². The van der Waals surface area contributed by atoms with Gasteiger partial charge in [0.1, 0.15) is 40.5 Å². The number of hydrogen-bond donors (Lipinski definition) is 3. The number of rotatable bonds is 8. The number of carbonyl (C=O) groups is 2. The third kappa shape index (κ3) is 5.39. The molecule has 2 amide bonds. The van der Waals surface area contributed by atoms with E-state index in [1.165, 1.54) is 31.2 Å². The lowest BCUT2D eigenvalue weighted by Crippen LogP contribution is -2.51. The van der Waals surface area contributed by atoms with Crippen molar-refractivity contribution in [3.8, 4) is 22.8 Å². The standard InChI is InChI=1S/C31H25ClF4N4O5/c1-29(28(37)42)14-44-26-19(29)12-23(40-25(26)16-4-7-20(32)21(33)10-16)30(43,31(34,35)36)13-39-27(41)17-9-15-3-2-8-38-24(15)22(11-17)45-18-5-6-18/h2-4,7-12,18,43H,5-6,13-14H2,1H3,(H2,37,42)(H,39,41)/t29-,30-/m0/s1. The number of halogens is 5. The molecule has 3 heterocycles. The third-order valence-corrected chi connectivity index (χ3v) is 8.26. The summed E-state index contributed by atoms with van der Waals surface area (Å²) >= 11 is 5.80. The van der Waals surface area contributed by atoms with Crippen LogP contribution in [-0.4, -0.2) is 52.3 Å². The number of primary amides is 1. The van der Waals surface area contributed by atoms with Gasteiger partial charge in [-0.15, -0.1) is 0 Å². The molecule has 1 fully saturated rings. The van der Waals surface area contributed by atoms with Crippen LogP contribution in [0.5, 0.6) is 11.5 Å². The van der Waals surface area contributed by atoms with E-state index >= 15 is 0 Å². The molecule has 2 atom stereocenters. The first-order valence-corrected chi connectivity index (χ1v) is 14.2. The molecule has 2 aliphatic rings. The molecule has 1 saturated carbocycles. The maximum absolute atomic E-state index is 14.7. The van der Waals surface area contributed by atoms with Crippen LogP contribution in [0, 0.1) is 5.82 Å². The smallest absolute Gasteiger partial charge is 0.424 e. The number of alkyl halides is 3. The number of fused-ring (bicyclic) bond motifs is 2. The van der Waals surface area contributed by atoms with Gasteiger partial charge in [0.2, 0.25) is 11.5 Å². The van der Waals surface area contributed by atoms with E-state index < -0.39 is 47.1 Å². The van der Waals surface area contributed by atoms with Crippen molar-refractivity contribution in [2.75, 3.05) is 13.2 Å². The van der Waals surface area contributed by atoms with Gasteiger partial charge in [-0.2, -0.15) is 13.2 Å². The summed E-state index contributed by atoms with van der Waals surface area (Å²) in [5.41, 5.74) is -0.718. The third-order valence-electron chi connectivity index (χ3n) is 7.96. The van der Waals surface area contributed by atoms with Gasteiger partial charge in [-0.3, -0.25) is 14.6 Å². The summed E-state index contributed by atoms with van der Waals surface area (Å²) in [6.45, 7) is -0.343. The maximum Gasteiger partial charge on any atom is 0.424 e. The molecule has 2 aromatic carbocycles. The van der Waals surface area contributed by atoms with Gasteiger partial charge in [-0.1, -0.05) is 23.7 Å². The molecule has 1 aliphatic carbocycles. The number of carbonyl (C=O) groups excluding carboxylic acids is 2. The first-order chi connectivity index (χ1) is 21.2. The number of nitrogens with two attached hydrogens (primary N) is 1. The van der Waals surface area contributed by atoms with Crippen molar-refractivity contribution in [1.29, 1.82) is 0 Å². The van der Waals surface area contributed by atoms with E-state index in [9.17, 15) is 32.3 Å². The monoisotopic (exact) mass is 644 g/mol. The SMILES string of the molecule is C[C@]1(C(N)=O)COc2c1cc([C@@](O)(CNC(=O)c1cc(OC3CC3)c3ncccc3c1)C(F)(F)F)nc2-c1ccc(Cl)c(F)c1. The number of aromatic nitrogens is 2. The average Bonchev–Trinajstić information content (AvgIpc) is 3.75. The van der Waals surface area contributed by atoms with Crippen molar-refractivity contribution >= 4 is 34.3 Å². The van der Waals surface area contributed by atoms with Crippen molar-refractivity contribution in [1.82, 2.24) is 15.3 Å². The fourth-order valence-electron chi connectivity index (χ4n) is 5.03. The first-order valence-electron chi connectivity index (χ1n) is 13.8. The van der Waals surface area contributed by atoms with E-state index in [4.69, 9.17) is 26.8 Å². The van der Waals surface area contributed by atoms with Crippen molar-refractivity contribution in [3.05, 3.63) is 82.4 Å². The highest BCUT2D eigenvalue weighted by Crippen LogP contribution is 2.48. The summed E-state index contributed by atoms with van der Waals surface area (Å²) in [5.74, 6) is -2.54. The van der Waals surface area contributed by atoms with Gasteiger partial charge in [-0.25, -0.2) is 9.37 Å². The van der Waals surface area contributed by atoms with E-state index in [2.05, 4.69) is 15.3 Å². The summed E-state index contributed by atoms with van der Waals surface area (Å²) < 4.78 is 70.2. The predicted octanol–water partition coefficient (Wildman–Crippen LogP) is 4.95. The summed E-state index contributed by atoms with van der Waals surface area (Å²) in [6.07, 6.45) is -2.24. The Kier molecular flexibility index (Phi) is 7.36. The van der Waals surface area contributed by atoms with E-state index in [0.717, 1.165) is 25.0 Å². The second-order valence-electron chi connectivity index (χ2n) is 11.3. The molecule has 14 heteroatoms. The van der Waals surface area contributed by atoms with Crippen LogP contribution in [0.25, 0.3) is 22.2 Å². The number of ether oxygens (including phenoxy) is 2. The molecular formula is C31H25ClF4N4O5. The van der Waals surface area contributed by atoms with Crippen LogP contribution in [0.4, 0.5) is 17.6 Å². The zero-order valence-corrected chi connectivity index (χ0v) is 24.3. The number of amides is 2. The van der Waals surface area contributed by atoms with Crippen LogP contribution in [0.2, 0.25) is 5.02 Å². The van der Waals surface area contributed by atoms with Gasteiger partial charge >= 0.3 is 6.18 Å². The molecular weight excluding hydrogens is 620 g/mol. The van der Waals surface area contributed by atoms with Crippen LogP contribution in [-0.2, 0) is 15.8 Å². The van der Waals surface area contributed by atoms with E-state index in [1.54, 1.807) is 18.3 Å². The fourth-order valence-corrected chi connectivity index (χ4v) is 5.15. The van der Waals surface area contributed by atoms with Gasteiger partial charge < -0.3 is 25.6 Å². The Morgan fingerprint density at radius 2 is 1.96 bits per heavy atom. The Bertz CT molecular complexity index is 1870. The Hall–Kier alpha value is -4.49. The summed E-state index contributed by atoms with van der Waals surface area (Å²) in [6, 6.07) is 10.4. The molecule has 0 saturated heterocycles. The summed E-state index contributed by atoms with van der Waals surface area (Å²) in [4.78, 5) is 34.1. The Morgan fingerprint density at radius 3 is 2.62 bits per heavy atom. The lowest BCUT2D eigenvalue weighted by atomic mass is 9.81. The molecule has 234 valence electrons. The largest absolute Gasteiger partial charge is 0.489 e. The van der Waals surface area contributed by atoms with Gasteiger partial charge in [0.25, 0.3) is 5.91 Å². The number of aliphatic hydroxyl groups is 1. The van der Waals surface area contributed by atoms with Crippen molar-refractivity contribution in [2.45, 2.75) is 43.1 Å². The second kappa shape index (κ2) is 10.8. The van der Waals surface area contributed by atoms with E-state index in [0.29, 0.717) is 16.7 Å². The Labute approximate surface area is 258 Å². The van der Waals surface area contributed by atoms with Crippen molar-refractivity contribution in [3.63, 3.8) is 0 Å². The number of nitrogens with one attached hydrogen (secondary N) is 1. The number of hydrogen-bond acceptors (Lipinski definition) is 7. The van der Waals surface area contributed by atoms with Gasteiger partial charge in [0.05, 0.1) is 23.4 Å². The maximum atomic E-state index is 14.7. The molecule has 2 aromatic heterocycles. The van der Waals surface area contributed by atoms with Gasteiger partial charge in [0, 0.05) is 28.3 Å². The topological polar surface area (TPSA) is 137 Å². The number of nitrogens with zero attached hydrogens (tertiary/aromatic N) is 2. The Balaban J connectivity index is 1.41. The molecule has 0 bridgehead atoms. The summed E-state index contributed by atoms with van der Waals surface area (Å²) in [5, 5.41) is 13.7. The Morgan fingerprint density at radius 1 is 1.20 bits per heavy atom. The molecule has 6 rings (SSSR count). The quantitative estimate of drug-likeness (QED) is 0.231. The molecule has 45 heavy (non-hydrogen) atoms. The predicted molar refractivity (Wildman–Crippen MR) is 154 cm³/mol. The lowest BCUT2D eigenvalue weighted by molar-refractivity contribution is -0.265. The van der Waals surface area contributed by atoms with Gasteiger partial charge in [-0.05, 0) is 56.2 Å². The minimum Gasteiger partial charge on any atom is -0.489 e. The first kappa shape index (κ1) is 30.5. The molecule has 0 radical (unpaired) electrons. The molecule has 0 unspecified atom stereocenters. The van der Waals surface area contributed by atoms with Gasteiger partial charge in [0.15, 0.2) is 0 Å².